The van der Waals surface area contributed by atoms with Gasteiger partial charge in [0.15, 0.2) is 5.78 Å². The van der Waals surface area contributed by atoms with Crippen molar-refractivity contribution in [3.8, 4) is 0 Å². The van der Waals surface area contributed by atoms with Crippen LogP contribution < -0.4 is 5.43 Å². The molecule has 1 atom stereocenters. The minimum Gasteiger partial charge on any atom is -0.293 e. The van der Waals surface area contributed by atoms with Gasteiger partial charge in [-0.25, -0.2) is 0 Å². The van der Waals surface area contributed by atoms with E-state index in [1.165, 1.54) is 0 Å². The molecule has 2 rings (SSSR count). The van der Waals surface area contributed by atoms with E-state index < -0.39 is 0 Å². The summed E-state index contributed by atoms with van der Waals surface area (Å²) in [4.78, 5) is 11.9. The van der Waals surface area contributed by atoms with Crippen molar-refractivity contribution in [1.82, 2.24) is 0 Å². The Bertz CT molecular complexity index is 479. The molecule has 0 radical (unpaired) electrons. The first-order valence-electron chi connectivity index (χ1n) is 6.67. The average Bonchev–Trinajstić information content (AvgIpc) is 2.39. The van der Waals surface area contributed by atoms with Gasteiger partial charge in [-0.1, -0.05) is 29.8 Å². The van der Waals surface area contributed by atoms with Crippen LogP contribution in [0, 0.1) is 11.8 Å². The molecule has 3 nitrogen and oxygen atoms in total. The summed E-state index contributed by atoms with van der Waals surface area (Å²) in [5.74, 6) is 1.36. The van der Waals surface area contributed by atoms with Crippen molar-refractivity contribution in [2.24, 2.45) is 16.9 Å². The molecule has 19 heavy (non-hydrogen) atoms. The van der Waals surface area contributed by atoms with E-state index in [9.17, 15) is 4.79 Å². The summed E-state index contributed by atoms with van der Waals surface area (Å²) in [5, 5.41) is 4.30. The Hall–Kier alpha value is -1.16. The second-order valence-corrected chi connectivity index (χ2v) is 6.26. The fourth-order valence-electron chi connectivity index (χ4n) is 2.26. The van der Waals surface area contributed by atoms with E-state index in [0.717, 1.165) is 23.0 Å². The molecule has 1 fully saturated rings. The first-order chi connectivity index (χ1) is 9.06. The van der Waals surface area contributed by atoms with Crippen LogP contribution in [-0.4, -0.2) is 11.5 Å². The quantitative estimate of drug-likeness (QED) is 0.845. The molecule has 0 unspecified atom stereocenters. The zero-order valence-electron chi connectivity index (χ0n) is 11.3. The normalized spacial score (nSPS) is 22.0. The summed E-state index contributed by atoms with van der Waals surface area (Å²) >= 11 is 3.39. The molecule has 0 spiro atoms. The molecule has 1 aliphatic rings. The number of rotatable bonds is 3. The summed E-state index contributed by atoms with van der Waals surface area (Å²) in [6, 6.07) is 7.76. The molecule has 102 valence electrons. The Labute approximate surface area is 122 Å². The van der Waals surface area contributed by atoms with Crippen molar-refractivity contribution in [3.05, 3.63) is 28.7 Å². The standard InChI is InChI=1S/C15H19BrN2O/c1-10(2)11-3-8-15(19)14(9-11)18-17-13-6-4-12(16)5-7-13/h4-7,10-11,17H,3,8-9H2,1-2H3/b18-14+/t11-/m0/s1. The van der Waals surface area contributed by atoms with Crippen molar-refractivity contribution in [3.63, 3.8) is 0 Å². The van der Waals surface area contributed by atoms with Crippen molar-refractivity contribution in [1.29, 1.82) is 0 Å². The highest BCUT2D eigenvalue weighted by atomic mass is 79.9. The predicted octanol–water partition coefficient (Wildman–Crippen LogP) is 4.24. The van der Waals surface area contributed by atoms with Crippen LogP contribution in [-0.2, 0) is 4.79 Å². The Balaban J connectivity index is 2.04. The van der Waals surface area contributed by atoms with Gasteiger partial charge in [0.25, 0.3) is 0 Å². The van der Waals surface area contributed by atoms with Crippen molar-refractivity contribution < 1.29 is 4.79 Å². The zero-order valence-corrected chi connectivity index (χ0v) is 12.9. The first kappa shape index (κ1) is 14.3. The number of carbonyl (C=O) groups is 1. The van der Waals surface area contributed by atoms with E-state index in [-0.39, 0.29) is 5.78 Å². The molecular weight excluding hydrogens is 304 g/mol. The molecular formula is C15H19BrN2O. The summed E-state index contributed by atoms with van der Waals surface area (Å²) in [6.07, 6.45) is 2.41. The second-order valence-electron chi connectivity index (χ2n) is 5.35. The van der Waals surface area contributed by atoms with Crippen LogP contribution in [0.4, 0.5) is 5.69 Å². The highest BCUT2D eigenvalue weighted by Crippen LogP contribution is 2.27. The largest absolute Gasteiger partial charge is 0.293 e. The molecule has 0 aromatic heterocycles. The van der Waals surface area contributed by atoms with Gasteiger partial charge in [0.1, 0.15) is 5.71 Å². The number of anilines is 1. The SMILES string of the molecule is CC(C)[C@H]1CCC(=O)/C(=N/Nc2ccc(Br)cc2)C1. The molecule has 0 saturated heterocycles. The fourth-order valence-corrected chi connectivity index (χ4v) is 2.52. The summed E-state index contributed by atoms with van der Waals surface area (Å²) < 4.78 is 1.03. The molecule has 1 aliphatic carbocycles. The summed E-state index contributed by atoms with van der Waals surface area (Å²) in [7, 11) is 0. The molecule has 4 heteroatoms. The molecule has 1 aromatic carbocycles. The first-order valence-corrected chi connectivity index (χ1v) is 7.47. The van der Waals surface area contributed by atoms with Crippen molar-refractivity contribution >= 4 is 33.1 Å². The lowest BCUT2D eigenvalue weighted by atomic mass is 9.80. The van der Waals surface area contributed by atoms with E-state index in [0.29, 0.717) is 24.0 Å². The Morgan fingerprint density at radius 1 is 1.32 bits per heavy atom. The van der Waals surface area contributed by atoms with E-state index in [4.69, 9.17) is 0 Å². The minimum absolute atomic E-state index is 0.182. The number of nitrogens with one attached hydrogen (secondary N) is 1. The number of hydrogen-bond acceptors (Lipinski definition) is 3. The van der Waals surface area contributed by atoms with E-state index in [2.05, 4.69) is 40.3 Å². The lowest BCUT2D eigenvalue weighted by molar-refractivity contribution is -0.114. The number of halogens is 1. The van der Waals surface area contributed by atoms with Gasteiger partial charge in [0.2, 0.25) is 0 Å². The topological polar surface area (TPSA) is 41.5 Å². The maximum atomic E-state index is 11.9. The lowest BCUT2D eigenvalue weighted by Gasteiger charge is -2.25. The molecule has 0 amide bonds. The predicted molar refractivity (Wildman–Crippen MR) is 82.4 cm³/mol. The fraction of sp³-hybridized carbons (Fsp3) is 0.467. The minimum atomic E-state index is 0.182. The smallest absolute Gasteiger partial charge is 0.178 e. The van der Waals surface area contributed by atoms with Crippen LogP contribution in [0.5, 0.6) is 0 Å². The number of carbonyl (C=O) groups excluding carboxylic acids is 1. The van der Waals surface area contributed by atoms with Gasteiger partial charge in [-0.05, 0) is 48.9 Å². The Kier molecular flexibility index (Phi) is 4.75. The highest BCUT2D eigenvalue weighted by Gasteiger charge is 2.26. The second kappa shape index (κ2) is 6.33. The number of nitrogens with zero attached hydrogens (tertiary/aromatic N) is 1. The maximum absolute atomic E-state index is 11.9. The molecule has 0 bridgehead atoms. The monoisotopic (exact) mass is 322 g/mol. The van der Waals surface area contributed by atoms with E-state index in [1.54, 1.807) is 0 Å². The van der Waals surface area contributed by atoms with Crippen molar-refractivity contribution in [2.45, 2.75) is 33.1 Å². The molecule has 0 heterocycles. The van der Waals surface area contributed by atoms with Gasteiger partial charge in [0.05, 0.1) is 5.69 Å². The number of ketones is 1. The number of hydrogen-bond donors (Lipinski definition) is 1. The summed E-state index contributed by atoms with van der Waals surface area (Å²) in [6.45, 7) is 4.42. The third-order valence-electron chi connectivity index (χ3n) is 3.63. The molecule has 1 N–H and O–H groups in total. The van der Waals surface area contributed by atoms with Crippen LogP contribution in [0.2, 0.25) is 0 Å². The van der Waals surface area contributed by atoms with Gasteiger partial charge in [-0.2, -0.15) is 5.10 Å². The zero-order chi connectivity index (χ0) is 13.8. The number of hydrazone groups is 1. The Morgan fingerprint density at radius 2 is 2.00 bits per heavy atom. The van der Waals surface area contributed by atoms with E-state index in [1.807, 2.05) is 24.3 Å². The Morgan fingerprint density at radius 3 is 2.63 bits per heavy atom. The van der Waals surface area contributed by atoms with Crippen LogP contribution in [0.3, 0.4) is 0 Å². The molecule has 1 saturated carbocycles. The average molecular weight is 323 g/mol. The van der Waals surface area contributed by atoms with Gasteiger partial charge < -0.3 is 0 Å². The number of benzene rings is 1. The van der Waals surface area contributed by atoms with Crippen LogP contribution >= 0.6 is 15.9 Å². The number of Topliss-reactive ketones (excluding diaryl/α,β-unsaturated/α-hetero) is 1. The molecule has 0 aliphatic heterocycles. The third kappa shape index (κ3) is 3.90. The highest BCUT2D eigenvalue weighted by molar-refractivity contribution is 9.10. The van der Waals surface area contributed by atoms with Crippen LogP contribution in [0.1, 0.15) is 33.1 Å². The van der Waals surface area contributed by atoms with Crippen LogP contribution in [0.25, 0.3) is 0 Å². The van der Waals surface area contributed by atoms with Crippen molar-refractivity contribution in [2.75, 3.05) is 5.43 Å². The van der Waals surface area contributed by atoms with E-state index >= 15 is 0 Å². The van der Waals surface area contributed by atoms with Gasteiger partial charge in [-0.3, -0.25) is 10.2 Å². The van der Waals surface area contributed by atoms with Gasteiger partial charge >= 0.3 is 0 Å². The van der Waals surface area contributed by atoms with Gasteiger partial charge in [-0.15, -0.1) is 0 Å². The lowest BCUT2D eigenvalue weighted by Crippen LogP contribution is -2.28. The maximum Gasteiger partial charge on any atom is 0.178 e. The third-order valence-corrected chi connectivity index (χ3v) is 4.16. The molecule has 1 aromatic rings. The summed E-state index contributed by atoms with van der Waals surface area (Å²) in [5.41, 5.74) is 4.56. The van der Waals surface area contributed by atoms with Crippen LogP contribution in [0.15, 0.2) is 33.8 Å². The van der Waals surface area contributed by atoms with Gasteiger partial charge in [0, 0.05) is 10.9 Å².